The van der Waals surface area contributed by atoms with Gasteiger partial charge in [0.05, 0.1) is 40.3 Å². The second-order valence-electron chi connectivity index (χ2n) is 27.8. The van der Waals surface area contributed by atoms with E-state index in [0.717, 1.165) is 153 Å². The second kappa shape index (κ2) is 56.2. The molecule has 1 N–H and O–H groups in total. The van der Waals surface area contributed by atoms with Gasteiger partial charge in [-0.1, -0.05) is 256 Å². The van der Waals surface area contributed by atoms with Crippen LogP contribution in [0.2, 0.25) is 0 Å². The Morgan fingerprint density at radius 2 is 1.08 bits per heavy atom. The Labute approximate surface area is 704 Å². The normalized spacial score (nSPS) is 10.5. The number of hydrogen-bond acceptors (Lipinski definition) is 7. The molecule has 0 bridgehead atoms. The Hall–Kier alpha value is -11.2. The van der Waals surface area contributed by atoms with Gasteiger partial charge in [0.15, 0.2) is 18.4 Å². The summed E-state index contributed by atoms with van der Waals surface area (Å²) in [7, 11) is 0. The Kier molecular flexibility index (Phi) is 47.2. The van der Waals surface area contributed by atoms with E-state index in [1.54, 1.807) is 82.4 Å². The maximum absolute atomic E-state index is 12.9. The molecule has 1 aliphatic heterocycles. The maximum atomic E-state index is 12.9. The van der Waals surface area contributed by atoms with E-state index in [1.165, 1.54) is 69.0 Å². The first-order valence-electron chi connectivity index (χ1n) is 40.9. The van der Waals surface area contributed by atoms with E-state index in [1.807, 2.05) is 174 Å². The minimum Gasteiger partial charge on any atom is -0.467 e. The van der Waals surface area contributed by atoms with Gasteiger partial charge in [-0.25, -0.2) is 26.6 Å². The Bertz CT molecular complexity index is 5010. The third-order valence-corrected chi connectivity index (χ3v) is 19.4. The number of rotatable bonds is 16. The van der Waals surface area contributed by atoms with Crippen LogP contribution in [0.4, 0.5) is 22.0 Å². The van der Waals surface area contributed by atoms with Crippen LogP contribution in [-0.4, -0.2) is 38.9 Å². The van der Waals surface area contributed by atoms with Gasteiger partial charge >= 0.3 is 0 Å². The van der Waals surface area contributed by atoms with Crippen molar-refractivity contribution in [3.63, 3.8) is 0 Å². The van der Waals surface area contributed by atoms with E-state index in [4.69, 9.17) is 9.47 Å². The molecule has 0 aliphatic carbocycles. The quantitative estimate of drug-likeness (QED) is 0.0587. The van der Waals surface area contributed by atoms with Crippen molar-refractivity contribution < 1.29 is 45.8 Å². The van der Waals surface area contributed by atoms with E-state index in [0.29, 0.717) is 19.8 Å². The largest absolute Gasteiger partial charge is 0.467 e. The zero-order valence-corrected chi connectivity index (χ0v) is 73.1. The Morgan fingerprint density at radius 3 is 1.59 bits per heavy atom. The molecule has 3 aromatic heterocycles. The number of thiophene rings is 1. The summed E-state index contributed by atoms with van der Waals surface area (Å²) in [6.07, 6.45) is 15.8. The minimum atomic E-state index is -0.160. The van der Waals surface area contributed by atoms with Crippen molar-refractivity contribution in [2.75, 3.05) is 6.79 Å². The van der Waals surface area contributed by atoms with Crippen LogP contribution in [0.3, 0.4) is 0 Å². The molecule has 0 radical (unpaired) electrons. The lowest BCUT2D eigenvalue weighted by molar-refractivity contribution is -0.116. The summed E-state index contributed by atoms with van der Waals surface area (Å²) in [6.45, 7) is 34.3. The molecule has 0 amide bonds. The lowest BCUT2D eigenvalue weighted by Crippen LogP contribution is -2.13. The number of carbonyl (C=O) groups excluding carboxylic acids is 3. The topological polar surface area (TPSA) is 103 Å². The molecule has 624 valence electrons. The predicted molar refractivity (Wildman–Crippen MR) is 485 cm³/mol. The van der Waals surface area contributed by atoms with Crippen molar-refractivity contribution in [3.8, 4) is 22.7 Å². The molecule has 10 aromatic carbocycles. The van der Waals surface area contributed by atoms with Gasteiger partial charge in [0.1, 0.15) is 40.6 Å². The summed E-state index contributed by atoms with van der Waals surface area (Å²) >= 11 is 1.48. The average Bonchev–Trinajstić information content (AvgIpc) is 1.68. The number of hydrogen-bond donors (Lipinski definition) is 1. The number of Topliss-reactive ketones (excluding diaryl/α,β-unsaturated/α-hetero) is 3. The molecule has 14 heteroatoms. The third-order valence-electron chi connectivity index (χ3n) is 18.4. The van der Waals surface area contributed by atoms with Gasteiger partial charge in [-0.15, -0.1) is 11.3 Å². The summed E-state index contributed by atoms with van der Waals surface area (Å²) < 4.78 is 75.3. The standard InChI is InChI=1S/C17H15NO.C14H16N2O.C11H14O2.2C9H11F.C9H12.3C8H9F.C6H6OS.C5H10/c1-12(19)11-15-14-9-5-6-10-16(14)18-17(15)13-7-3-2-4-8-13;1-3-7-14-13(11(2)17)10-15-16(14)12-8-5-4-6-9-12;1-3-9-4-8(2)5-11-10(9)6-12-7-13-11;1-3-8-5-4-7(2)9(10)6-8;1-3-8-5-4-7(2)6-9(8)10;1-3-9-6-4-5-8(2)7-9;1-2-7-3-5-8(9)6-4-7;1-2-7-4-3-5-8(9)6-7;1-2-7-5-3-4-6-8(7)9;1-5(7)6-3-2-4-8-6;1-3-5-4-2/h2-10,18H,11H2,1H3;4-6,8-10H,3,7H2,1-2H3;4-5H,3,6-7H2,1-2H3;2*4-6H,3H2,1-2H3;4-7H,3H2,1-2H3;3*3-6H,2H2,1H3;2-4H,1H3;3,5H,4H2,1-2H3. The highest BCUT2D eigenvalue weighted by molar-refractivity contribution is 7.12. The maximum Gasteiger partial charge on any atom is 0.189 e. The number of ether oxygens (including phenoxy) is 2. The van der Waals surface area contributed by atoms with Crippen LogP contribution in [0, 0.1) is 56.8 Å². The number of nitrogens with one attached hydrogen (secondary N) is 1. The monoisotopic (exact) mass is 1620 g/mol. The number of para-hydroxylation sites is 2. The second-order valence-corrected chi connectivity index (χ2v) is 28.8. The van der Waals surface area contributed by atoms with E-state index in [2.05, 4.69) is 118 Å². The minimum absolute atomic E-state index is 0.0793. The van der Waals surface area contributed by atoms with Crippen LogP contribution in [0.15, 0.2) is 266 Å². The molecule has 8 nitrogen and oxygen atoms in total. The number of aromatic nitrogens is 3. The summed E-state index contributed by atoms with van der Waals surface area (Å²) in [5.41, 5.74) is 20.3. The number of ketones is 3. The smallest absolute Gasteiger partial charge is 0.189 e. The first kappa shape index (κ1) is 99.2. The first-order chi connectivity index (χ1) is 56.8. The number of benzene rings is 10. The van der Waals surface area contributed by atoms with Crippen molar-refractivity contribution in [1.29, 1.82) is 0 Å². The molecule has 0 spiro atoms. The fourth-order valence-electron chi connectivity index (χ4n) is 11.8. The number of carbonyl (C=O) groups is 3. The SMILES string of the molecule is CC(=O)Cc1c(-c2ccccc2)[nH]c2ccccc12.CC(=O)c1cccs1.CC=CCC.CCCc1c(C(C)=O)cnn1-c1ccccc1.CCc1cc(C)cc2c1COCO2.CCc1ccc(C)c(F)c1.CCc1ccc(C)cc1F.CCc1ccc(F)cc1.CCc1cccc(C)c1.CCc1cccc(F)c1.CCc1ccccc1F. The third kappa shape index (κ3) is 36.1. The lowest BCUT2D eigenvalue weighted by Gasteiger charge is -2.20. The van der Waals surface area contributed by atoms with Gasteiger partial charge in [-0.3, -0.25) is 14.4 Å². The summed E-state index contributed by atoms with van der Waals surface area (Å²) in [5, 5.41) is 7.36. The molecule has 0 unspecified atom stereocenters. The molecule has 0 fully saturated rings. The highest BCUT2D eigenvalue weighted by atomic mass is 32.1. The van der Waals surface area contributed by atoms with E-state index in [9.17, 15) is 36.3 Å². The van der Waals surface area contributed by atoms with Crippen LogP contribution in [0.25, 0.3) is 27.8 Å². The van der Waals surface area contributed by atoms with Gasteiger partial charge in [0.25, 0.3) is 0 Å². The molecule has 14 rings (SSSR count). The first-order valence-corrected chi connectivity index (χ1v) is 41.7. The number of aryl methyl sites for hydroxylation is 11. The van der Waals surface area contributed by atoms with Crippen molar-refractivity contribution in [2.45, 2.75) is 195 Å². The molecule has 1 aliphatic rings. The van der Waals surface area contributed by atoms with Gasteiger partial charge < -0.3 is 14.5 Å². The lowest BCUT2D eigenvalue weighted by atomic mass is 10.0. The molecular formula is C104H122F5N3O5S. The molecule has 0 atom stereocenters. The summed E-state index contributed by atoms with van der Waals surface area (Å²) in [5.74, 6) is 0.837. The zero-order chi connectivity index (χ0) is 86.7. The van der Waals surface area contributed by atoms with Crippen LogP contribution in [0.1, 0.15) is 201 Å². The van der Waals surface area contributed by atoms with Crippen molar-refractivity contribution in [3.05, 3.63) is 384 Å². The van der Waals surface area contributed by atoms with Crippen molar-refractivity contribution in [1.82, 2.24) is 14.8 Å². The highest BCUT2D eigenvalue weighted by Gasteiger charge is 2.17. The fourth-order valence-corrected chi connectivity index (χ4v) is 12.5. The highest BCUT2D eigenvalue weighted by Crippen LogP contribution is 2.32. The van der Waals surface area contributed by atoms with Crippen LogP contribution in [-0.2, 0) is 73.9 Å². The number of nitrogens with zero attached hydrogens (tertiary/aromatic N) is 2. The number of H-pyrrole nitrogens is 1. The molecule has 118 heavy (non-hydrogen) atoms. The van der Waals surface area contributed by atoms with Crippen molar-refractivity contribution in [2.24, 2.45) is 0 Å². The van der Waals surface area contributed by atoms with Gasteiger partial charge in [0, 0.05) is 22.9 Å². The number of allylic oxidation sites excluding steroid dienone is 2. The Balaban J connectivity index is 0.000000278. The molecule has 13 aromatic rings. The van der Waals surface area contributed by atoms with Crippen LogP contribution in [0.5, 0.6) is 5.75 Å². The summed E-state index contributed by atoms with van der Waals surface area (Å²) in [4.78, 5) is 37.8. The Morgan fingerprint density at radius 1 is 0.500 bits per heavy atom. The number of aromatic amines is 1. The summed E-state index contributed by atoms with van der Waals surface area (Å²) in [6, 6.07) is 75.6. The van der Waals surface area contributed by atoms with E-state index in [-0.39, 0.29) is 46.4 Å². The van der Waals surface area contributed by atoms with Crippen molar-refractivity contribution >= 4 is 39.6 Å². The fraction of sp³-hybridized carbons (Fsp3) is 0.288. The number of halogens is 5. The predicted octanol–water partition coefficient (Wildman–Crippen LogP) is 28.5. The van der Waals surface area contributed by atoms with Crippen LogP contribution >= 0.6 is 11.3 Å². The van der Waals surface area contributed by atoms with Gasteiger partial charge in [0.2, 0.25) is 0 Å². The van der Waals surface area contributed by atoms with Gasteiger partial charge in [-0.05, 0) is 258 Å². The van der Waals surface area contributed by atoms with E-state index >= 15 is 0 Å². The van der Waals surface area contributed by atoms with Gasteiger partial charge in [-0.2, -0.15) is 5.10 Å². The van der Waals surface area contributed by atoms with Crippen LogP contribution < -0.4 is 4.74 Å². The molecule has 4 heterocycles. The zero-order valence-electron chi connectivity index (χ0n) is 72.3. The van der Waals surface area contributed by atoms with E-state index < -0.39 is 0 Å². The average molecular weight is 1620 g/mol. The number of fused-ring (bicyclic) bond motifs is 2. The molecular weight excluding hydrogens is 1500 g/mol. The molecule has 0 saturated heterocycles. The molecule has 0 saturated carbocycles.